The van der Waals surface area contributed by atoms with Crippen molar-refractivity contribution in [3.05, 3.63) is 28.2 Å². The molecule has 3 N–H and O–H groups in total. The Morgan fingerprint density at radius 3 is 2.59 bits per heavy atom. The maximum atomic E-state index is 10.4. The number of rotatable bonds is 5. The number of halogens is 1. The number of aliphatic hydroxyl groups is 1. The van der Waals surface area contributed by atoms with Crippen molar-refractivity contribution in [1.82, 2.24) is 0 Å². The summed E-state index contributed by atoms with van der Waals surface area (Å²) in [5, 5.41) is 10.4. The van der Waals surface area contributed by atoms with Crippen molar-refractivity contribution in [3.8, 4) is 5.75 Å². The Labute approximate surface area is 111 Å². The summed E-state index contributed by atoms with van der Waals surface area (Å²) < 4.78 is 6.00. The van der Waals surface area contributed by atoms with Crippen LogP contribution in [0.5, 0.6) is 5.75 Å². The molecule has 2 unspecified atom stereocenters. The van der Waals surface area contributed by atoms with Gasteiger partial charge in [0.1, 0.15) is 5.75 Å². The number of methoxy groups -OCH3 is 1. The molecule has 1 rings (SSSR count). The molecule has 1 aromatic rings. The molecule has 2 atom stereocenters. The van der Waals surface area contributed by atoms with E-state index in [9.17, 15) is 5.11 Å². The molecule has 0 fully saturated rings. The standard InChI is InChI=1S/C13H20BrNO2/c1-4-13(2,8-15)12(16)9-5-6-11(17-3)10(14)7-9/h5-7,12,16H,4,8,15H2,1-3H3. The predicted octanol–water partition coefficient (Wildman–Crippen LogP) is 2.87. The number of ether oxygens (including phenoxy) is 1. The van der Waals surface area contributed by atoms with Crippen molar-refractivity contribution in [2.75, 3.05) is 13.7 Å². The molecule has 0 saturated heterocycles. The third-order valence-electron chi connectivity index (χ3n) is 3.43. The number of aliphatic hydroxyl groups excluding tert-OH is 1. The first-order chi connectivity index (χ1) is 7.98. The lowest BCUT2D eigenvalue weighted by atomic mass is 9.78. The van der Waals surface area contributed by atoms with E-state index < -0.39 is 6.10 Å². The van der Waals surface area contributed by atoms with Gasteiger partial charge in [0, 0.05) is 12.0 Å². The largest absolute Gasteiger partial charge is 0.496 e. The van der Waals surface area contributed by atoms with E-state index >= 15 is 0 Å². The second kappa shape index (κ2) is 5.85. The predicted molar refractivity (Wildman–Crippen MR) is 73.1 cm³/mol. The summed E-state index contributed by atoms with van der Waals surface area (Å²) in [4.78, 5) is 0. The molecule has 0 amide bonds. The van der Waals surface area contributed by atoms with E-state index in [1.54, 1.807) is 7.11 Å². The van der Waals surface area contributed by atoms with Gasteiger partial charge in [0.2, 0.25) is 0 Å². The first-order valence-electron chi connectivity index (χ1n) is 5.70. The van der Waals surface area contributed by atoms with Crippen LogP contribution in [0.15, 0.2) is 22.7 Å². The minimum Gasteiger partial charge on any atom is -0.496 e. The highest BCUT2D eigenvalue weighted by atomic mass is 79.9. The zero-order valence-corrected chi connectivity index (χ0v) is 12.1. The zero-order valence-electron chi connectivity index (χ0n) is 10.5. The van der Waals surface area contributed by atoms with Crippen LogP contribution in [0.2, 0.25) is 0 Å². The Bertz CT molecular complexity index is 378. The molecule has 1 aromatic carbocycles. The van der Waals surface area contributed by atoms with Gasteiger partial charge in [-0.2, -0.15) is 0 Å². The topological polar surface area (TPSA) is 55.5 Å². The minimum absolute atomic E-state index is 0.298. The normalized spacial score (nSPS) is 16.4. The van der Waals surface area contributed by atoms with Crippen molar-refractivity contribution in [2.45, 2.75) is 26.4 Å². The van der Waals surface area contributed by atoms with E-state index in [0.29, 0.717) is 6.54 Å². The maximum absolute atomic E-state index is 10.4. The Morgan fingerprint density at radius 2 is 2.18 bits per heavy atom. The number of benzene rings is 1. The van der Waals surface area contributed by atoms with Crippen LogP contribution in [-0.4, -0.2) is 18.8 Å². The molecule has 0 saturated carbocycles. The zero-order chi connectivity index (χ0) is 13.1. The monoisotopic (exact) mass is 301 g/mol. The highest BCUT2D eigenvalue weighted by Crippen LogP contribution is 2.38. The first kappa shape index (κ1) is 14.5. The second-order valence-electron chi connectivity index (χ2n) is 4.51. The Balaban J connectivity index is 3.04. The molecular formula is C13H20BrNO2. The summed E-state index contributed by atoms with van der Waals surface area (Å²) in [6.07, 6.45) is 0.258. The van der Waals surface area contributed by atoms with E-state index in [0.717, 1.165) is 22.2 Å². The van der Waals surface area contributed by atoms with E-state index in [1.165, 1.54) is 0 Å². The highest BCUT2D eigenvalue weighted by molar-refractivity contribution is 9.10. The lowest BCUT2D eigenvalue weighted by molar-refractivity contribution is 0.0391. The summed E-state index contributed by atoms with van der Waals surface area (Å²) in [6.45, 7) is 4.48. The average Bonchev–Trinajstić information content (AvgIpc) is 2.36. The smallest absolute Gasteiger partial charge is 0.133 e. The van der Waals surface area contributed by atoms with Crippen molar-refractivity contribution in [3.63, 3.8) is 0 Å². The van der Waals surface area contributed by atoms with Gasteiger partial charge in [-0.3, -0.25) is 0 Å². The SMILES string of the molecule is CCC(C)(CN)C(O)c1ccc(OC)c(Br)c1. The molecule has 0 aliphatic carbocycles. The molecule has 4 heteroatoms. The third-order valence-corrected chi connectivity index (χ3v) is 4.05. The molecule has 0 aliphatic rings. The van der Waals surface area contributed by atoms with Gasteiger partial charge in [-0.15, -0.1) is 0 Å². The van der Waals surface area contributed by atoms with Gasteiger partial charge in [0.15, 0.2) is 0 Å². The van der Waals surface area contributed by atoms with Crippen molar-refractivity contribution in [2.24, 2.45) is 11.1 Å². The summed E-state index contributed by atoms with van der Waals surface area (Å²) in [7, 11) is 1.62. The lowest BCUT2D eigenvalue weighted by Gasteiger charge is -2.32. The molecule has 0 aromatic heterocycles. The molecule has 3 nitrogen and oxygen atoms in total. The van der Waals surface area contributed by atoms with Crippen LogP contribution in [0.4, 0.5) is 0 Å². The maximum Gasteiger partial charge on any atom is 0.133 e. The second-order valence-corrected chi connectivity index (χ2v) is 5.36. The molecule has 96 valence electrons. The number of nitrogens with two attached hydrogens (primary N) is 1. The Hall–Kier alpha value is -0.580. The molecule has 0 spiro atoms. The summed E-state index contributed by atoms with van der Waals surface area (Å²) >= 11 is 3.42. The van der Waals surface area contributed by atoms with Crippen LogP contribution in [0.25, 0.3) is 0 Å². The van der Waals surface area contributed by atoms with E-state index in [2.05, 4.69) is 15.9 Å². The van der Waals surface area contributed by atoms with Gasteiger partial charge in [-0.05, 0) is 40.0 Å². The molecule has 17 heavy (non-hydrogen) atoms. The fraction of sp³-hybridized carbons (Fsp3) is 0.538. The van der Waals surface area contributed by atoms with E-state index in [4.69, 9.17) is 10.5 Å². The van der Waals surface area contributed by atoms with Gasteiger partial charge in [-0.25, -0.2) is 0 Å². The van der Waals surface area contributed by atoms with Crippen LogP contribution in [0, 0.1) is 5.41 Å². The van der Waals surface area contributed by atoms with Gasteiger partial charge in [0.25, 0.3) is 0 Å². The fourth-order valence-electron chi connectivity index (χ4n) is 1.70. The minimum atomic E-state index is -0.570. The quantitative estimate of drug-likeness (QED) is 0.879. The average molecular weight is 302 g/mol. The Kier molecular flexibility index (Phi) is 4.98. The van der Waals surface area contributed by atoms with Crippen LogP contribution in [0.3, 0.4) is 0 Å². The van der Waals surface area contributed by atoms with Crippen molar-refractivity contribution in [1.29, 1.82) is 0 Å². The molecule has 0 aliphatic heterocycles. The number of hydrogen-bond donors (Lipinski definition) is 2. The lowest BCUT2D eigenvalue weighted by Crippen LogP contribution is -2.33. The van der Waals surface area contributed by atoms with E-state index in [1.807, 2.05) is 32.0 Å². The van der Waals surface area contributed by atoms with Crippen molar-refractivity contribution >= 4 is 15.9 Å². The van der Waals surface area contributed by atoms with Gasteiger partial charge in [0.05, 0.1) is 17.7 Å². The summed E-state index contributed by atoms with van der Waals surface area (Å²) in [6, 6.07) is 5.60. The molecular weight excluding hydrogens is 282 g/mol. The van der Waals surface area contributed by atoms with Gasteiger partial charge >= 0.3 is 0 Å². The first-order valence-corrected chi connectivity index (χ1v) is 6.49. The fourth-order valence-corrected chi connectivity index (χ4v) is 2.26. The van der Waals surface area contributed by atoms with Gasteiger partial charge < -0.3 is 15.6 Å². The van der Waals surface area contributed by atoms with Crippen molar-refractivity contribution < 1.29 is 9.84 Å². The third kappa shape index (κ3) is 3.00. The number of hydrogen-bond acceptors (Lipinski definition) is 3. The summed E-state index contributed by atoms with van der Waals surface area (Å²) in [5.74, 6) is 0.756. The highest BCUT2D eigenvalue weighted by Gasteiger charge is 2.31. The van der Waals surface area contributed by atoms with Gasteiger partial charge in [-0.1, -0.05) is 19.9 Å². The molecule has 0 radical (unpaired) electrons. The van der Waals surface area contributed by atoms with Crippen LogP contribution in [0.1, 0.15) is 31.9 Å². The van der Waals surface area contributed by atoms with E-state index in [-0.39, 0.29) is 5.41 Å². The molecule has 0 heterocycles. The van der Waals surface area contributed by atoms with Crippen LogP contribution < -0.4 is 10.5 Å². The van der Waals surface area contributed by atoms with Crippen LogP contribution >= 0.6 is 15.9 Å². The summed E-state index contributed by atoms with van der Waals surface area (Å²) in [5.41, 5.74) is 6.31. The molecule has 0 bridgehead atoms. The Morgan fingerprint density at radius 1 is 1.53 bits per heavy atom. The van der Waals surface area contributed by atoms with Crippen LogP contribution in [-0.2, 0) is 0 Å².